The van der Waals surface area contributed by atoms with Gasteiger partial charge in [-0.2, -0.15) is 0 Å². The van der Waals surface area contributed by atoms with Gasteiger partial charge < -0.3 is 9.64 Å². The Bertz CT molecular complexity index is 614. The normalized spacial score (nSPS) is 19.2. The van der Waals surface area contributed by atoms with Gasteiger partial charge in [-0.25, -0.2) is 0 Å². The molecule has 2 aliphatic rings. The minimum atomic E-state index is -0.384. The van der Waals surface area contributed by atoms with Crippen molar-refractivity contribution in [1.29, 1.82) is 0 Å². The maximum Gasteiger partial charge on any atom is 0.263 e. The van der Waals surface area contributed by atoms with E-state index in [1.54, 1.807) is 0 Å². The Morgan fingerprint density at radius 2 is 2.04 bits per heavy atom. The van der Waals surface area contributed by atoms with Gasteiger partial charge in [0.25, 0.3) is 5.91 Å². The number of aryl methyl sites for hydroxylation is 2. The predicted octanol–water partition coefficient (Wildman–Crippen LogP) is 3.05. The van der Waals surface area contributed by atoms with E-state index in [2.05, 4.69) is 23.6 Å². The van der Waals surface area contributed by atoms with E-state index >= 15 is 0 Å². The fourth-order valence-electron chi connectivity index (χ4n) is 3.85. The Balaban J connectivity index is 1.62. The monoisotopic (exact) mass is 342 g/mol. The fourth-order valence-corrected chi connectivity index (χ4v) is 3.85. The second-order valence-corrected chi connectivity index (χ2v) is 7.07. The lowest BCUT2D eigenvalue weighted by molar-refractivity contribution is -0.138. The SMILES string of the molecule is C=CCN1CCCN(C(=O)C(CC)Oc2ccc3c(c2)CCC3)CC1. The number of amides is 1. The second kappa shape index (κ2) is 8.52. The lowest BCUT2D eigenvalue weighted by Gasteiger charge is -2.26. The van der Waals surface area contributed by atoms with Crippen molar-refractivity contribution in [2.24, 2.45) is 0 Å². The molecule has 0 aromatic heterocycles. The van der Waals surface area contributed by atoms with Gasteiger partial charge in [0.15, 0.2) is 6.10 Å². The molecule has 25 heavy (non-hydrogen) atoms. The molecule has 1 atom stereocenters. The molecule has 0 N–H and O–H groups in total. The zero-order valence-corrected chi connectivity index (χ0v) is 15.4. The van der Waals surface area contributed by atoms with E-state index in [0.717, 1.165) is 51.3 Å². The van der Waals surface area contributed by atoms with Crippen LogP contribution in [0.2, 0.25) is 0 Å². The molecule has 1 unspecified atom stereocenters. The summed E-state index contributed by atoms with van der Waals surface area (Å²) in [5.41, 5.74) is 2.82. The highest BCUT2D eigenvalue weighted by Crippen LogP contribution is 2.27. The highest BCUT2D eigenvalue weighted by molar-refractivity contribution is 5.81. The Morgan fingerprint density at radius 1 is 1.20 bits per heavy atom. The Labute approximate surface area is 151 Å². The van der Waals surface area contributed by atoms with Crippen LogP contribution in [-0.4, -0.2) is 54.5 Å². The quantitative estimate of drug-likeness (QED) is 0.745. The van der Waals surface area contributed by atoms with E-state index in [1.165, 1.54) is 24.0 Å². The van der Waals surface area contributed by atoms with Gasteiger partial charge in [0.2, 0.25) is 0 Å². The van der Waals surface area contributed by atoms with Crippen LogP contribution in [0.15, 0.2) is 30.9 Å². The number of ether oxygens (including phenoxy) is 1. The molecule has 136 valence electrons. The van der Waals surface area contributed by atoms with Crippen molar-refractivity contribution in [3.8, 4) is 5.75 Å². The molecule has 1 heterocycles. The van der Waals surface area contributed by atoms with Crippen LogP contribution in [0.5, 0.6) is 5.75 Å². The molecule has 0 spiro atoms. The minimum absolute atomic E-state index is 0.128. The molecule has 4 heteroatoms. The van der Waals surface area contributed by atoms with E-state index in [0.29, 0.717) is 6.42 Å². The van der Waals surface area contributed by atoms with E-state index in [-0.39, 0.29) is 12.0 Å². The summed E-state index contributed by atoms with van der Waals surface area (Å²) in [5.74, 6) is 0.965. The molecule has 4 nitrogen and oxygen atoms in total. The Morgan fingerprint density at radius 3 is 2.84 bits per heavy atom. The van der Waals surface area contributed by atoms with Gasteiger partial charge in [-0.15, -0.1) is 6.58 Å². The number of hydrogen-bond acceptors (Lipinski definition) is 3. The number of fused-ring (bicyclic) bond motifs is 1. The average Bonchev–Trinajstić information content (AvgIpc) is 2.97. The highest BCUT2D eigenvalue weighted by Gasteiger charge is 2.26. The third-order valence-electron chi connectivity index (χ3n) is 5.28. The number of carbonyl (C=O) groups is 1. The molecule has 0 bridgehead atoms. The van der Waals surface area contributed by atoms with Crippen molar-refractivity contribution >= 4 is 5.91 Å². The van der Waals surface area contributed by atoms with Crippen LogP contribution in [0, 0.1) is 0 Å². The summed E-state index contributed by atoms with van der Waals surface area (Å²) in [6.07, 6.45) is 6.78. The first-order valence-electron chi connectivity index (χ1n) is 9.61. The van der Waals surface area contributed by atoms with Crippen LogP contribution in [0.1, 0.15) is 37.3 Å². The topological polar surface area (TPSA) is 32.8 Å². The van der Waals surface area contributed by atoms with Crippen molar-refractivity contribution in [1.82, 2.24) is 9.80 Å². The number of benzene rings is 1. The summed E-state index contributed by atoms with van der Waals surface area (Å²) in [4.78, 5) is 17.3. The standard InChI is InChI=1S/C21H30N2O2/c1-3-11-22-12-6-13-23(15-14-22)21(24)20(4-2)25-19-10-9-17-7-5-8-18(17)16-19/h3,9-10,16,20H,1,4-8,11-15H2,2H3. The van der Waals surface area contributed by atoms with Gasteiger partial charge in [0.1, 0.15) is 5.75 Å². The maximum absolute atomic E-state index is 12.9. The molecular formula is C21H30N2O2. The summed E-state index contributed by atoms with van der Waals surface area (Å²) < 4.78 is 6.10. The Hall–Kier alpha value is -1.81. The predicted molar refractivity (Wildman–Crippen MR) is 101 cm³/mol. The van der Waals surface area contributed by atoms with Crippen LogP contribution in [0.3, 0.4) is 0 Å². The maximum atomic E-state index is 12.9. The third kappa shape index (κ3) is 4.43. The van der Waals surface area contributed by atoms with Gasteiger partial charge in [0, 0.05) is 32.7 Å². The summed E-state index contributed by atoms with van der Waals surface area (Å²) in [5, 5.41) is 0. The van der Waals surface area contributed by atoms with Crippen molar-refractivity contribution in [2.45, 2.75) is 45.1 Å². The summed E-state index contributed by atoms with van der Waals surface area (Å²) in [6.45, 7) is 10.3. The fraction of sp³-hybridized carbons (Fsp3) is 0.571. The van der Waals surface area contributed by atoms with Crippen LogP contribution in [0.25, 0.3) is 0 Å². The number of hydrogen-bond donors (Lipinski definition) is 0. The average molecular weight is 342 g/mol. The molecule has 1 saturated heterocycles. The van der Waals surface area contributed by atoms with E-state index in [1.807, 2.05) is 24.0 Å². The van der Waals surface area contributed by atoms with Crippen molar-refractivity contribution in [3.05, 3.63) is 42.0 Å². The molecular weight excluding hydrogens is 312 g/mol. The molecule has 1 fully saturated rings. The lowest BCUT2D eigenvalue weighted by Crippen LogP contribution is -2.43. The number of nitrogens with zero attached hydrogens (tertiary/aromatic N) is 2. The van der Waals surface area contributed by atoms with E-state index in [9.17, 15) is 4.79 Å². The second-order valence-electron chi connectivity index (χ2n) is 7.07. The smallest absolute Gasteiger partial charge is 0.263 e. The van der Waals surface area contributed by atoms with Crippen molar-refractivity contribution in [3.63, 3.8) is 0 Å². The summed E-state index contributed by atoms with van der Waals surface area (Å²) >= 11 is 0. The van der Waals surface area contributed by atoms with Crippen LogP contribution in [0.4, 0.5) is 0 Å². The van der Waals surface area contributed by atoms with E-state index in [4.69, 9.17) is 4.74 Å². The number of carbonyl (C=O) groups excluding carboxylic acids is 1. The summed E-state index contributed by atoms with van der Waals surface area (Å²) in [7, 11) is 0. The molecule has 3 rings (SSSR count). The molecule has 0 radical (unpaired) electrons. The third-order valence-corrected chi connectivity index (χ3v) is 5.28. The van der Waals surface area contributed by atoms with Crippen LogP contribution < -0.4 is 4.74 Å². The first-order valence-corrected chi connectivity index (χ1v) is 9.61. The minimum Gasteiger partial charge on any atom is -0.481 e. The van der Waals surface area contributed by atoms with Crippen molar-refractivity contribution in [2.75, 3.05) is 32.7 Å². The first kappa shape index (κ1) is 18.0. The summed E-state index contributed by atoms with van der Waals surface area (Å²) in [6, 6.07) is 6.31. The van der Waals surface area contributed by atoms with Crippen molar-refractivity contribution < 1.29 is 9.53 Å². The molecule has 0 saturated carbocycles. The van der Waals surface area contributed by atoms with Gasteiger partial charge in [-0.1, -0.05) is 19.1 Å². The Kier molecular flexibility index (Phi) is 6.14. The molecule has 1 aliphatic heterocycles. The zero-order chi connectivity index (χ0) is 17.6. The molecule has 1 aliphatic carbocycles. The molecule has 1 aromatic carbocycles. The number of rotatable bonds is 6. The van der Waals surface area contributed by atoms with Gasteiger partial charge >= 0.3 is 0 Å². The molecule has 1 amide bonds. The zero-order valence-electron chi connectivity index (χ0n) is 15.4. The van der Waals surface area contributed by atoms with Gasteiger partial charge in [-0.05, 0) is 55.4 Å². The first-order chi connectivity index (χ1) is 12.2. The van der Waals surface area contributed by atoms with Crippen LogP contribution in [-0.2, 0) is 17.6 Å². The highest BCUT2D eigenvalue weighted by atomic mass is 16.5. The van der Waals surface area contributed by atoms with E-state index < -0.39 is 0 Å². The lowest BCUT2D eigenvalue weighted by atomic mass is 10.1. The van der Waals surface area contributed by atoms with Gasteiger partial charge in [-0.3, -0.25) is 9.69 Å². The molecule has 1 aromatic rings. The van der Waals surface area contributed by atoms with Crippen LogP contribution >= 0.6 is 0 Å². The van der Waals surface area contributed by atoms with Gasteiger partial charge in [0.05, 0.1) is 0 Å². The largest absolute Gasteiger partial charge is 0.481 e.